The van der Waals surface area contributed by atoms with Crippen LogP contribution >= 0.6 is 0 Å². The van der Waals surface area contributed by atoms with Crippen LogP contribution in [0.3, 0.4) is 0 Å². The SMILES string of the molecule is CCNC(C)(CCCCOCC1CCCCO1)C(=O)O. The zero-order valence-corrected chi connectivity index (χ0v) is 12.8. The molecule has 0 aromatic carbocycles. The average molecular weight is 287 g/mol. The number of aliphatic carboxylic acids is 1. The fraction of sp³-hybridized carbons (Fsp3) is 0.933. The Morgan fingerprint density at radius 1 is 1.45 bits per heavy atom. The number of carboxylic acids is 1. The maximum atomic E-state index is 11.2. The first-order valence-electron chi connectivity index (χ1n) is 7.76. The number of carboxylic acid groups (broad SMARTS) is 1. The molecule has 20 heavy (non-hydrogen) atoms. The van der Waals surface area contributed by atoms with Crippen LogP contribution in [0.15, 0.2) is 0 Å². The van der Waals surface area contributed by atoms with Gasteiger partial charge in [-0.3, -0.25) is 4.79 Å². The first-order chi connectivity index (χ1) is 9.58. The zero-order chi connectivity index (χ0) is 14.8. The van der Waals surface area contributed by atoms with E-state index in [0.29, 0.717) is 26.2 Å². The van der Waals surface area contributed by atoms with Crippen LogP contribution in [0.2, 0.25) is 0 Å². The summed E-state index contributed by atoms with van der Waals surface area (Å²) in [6.07, 6.45) is 6.11. The highest BCUT2D eigenvalue weighted by Gasteiger charge is 2.30. The van der Waals surface area contributed by atoms with E-state index >= 15 is 0 Å². The largest absolute Gasteiger partial charge is 0.480 e. The predicted molar refractivity (Wildman–Crippen MR) is 78.0 cm³/mol. The summed E-state index contributed by atoms with van der Waals surface area (Å²) in [5, 5.41) is 12.3. The van der Waals surface area contributed by atoms with Crippen molar-refractivity contribution in [2.75, 3.05) is 26.4 Å². The Kier molecular flexibility index (Phi) is 8.11. The third-order valence-corrected chi connectivity index (χ3v) is 3.83. The van der Waals surface area contributed by atoms with Gasteiger partial charge in [0.2, 0.25) is 0 Å². The monoisotopic (exact) mass is 287 g/mol. The molecule has 5 nitrogen and oxygen atoms in total. The molecule has 0 amide bonds. The fourth-order valence-corrected chi connectivity index (χ4v) is 2.50. The molecule has 0 spiro atoms. The molecule has 2 N–H and O–H groups in total. The van der Waals surface area contributed by atoms with Gasteiger partial charge in [-0.15, -0.1) is 0 Å². The number of nitrogens with one attached hydrogen (secondary N) is 1. The van der Waals surface area contributed by atoms with E-state index in [4.69, 9.17) is 9.47 Å². The lowest BCUT2D eigenvalue weighted by Gasteiger charge is -2.25. The summed E-state index contributed by atoms with van der Waals surface area (Å²) in [6.45, 7) is 6.54. The Hall–Kier alpha value is -0.650. The molecule has 2 unspecified atom stereocenters. The number of likely N-dealkylation sites (N-methyl/N-ethyl adjacent to an activating group) is 1. The van der Waals surface area contributed by atoms with Crippen LogP contribution in [-0.4, -0.2) is 49.1 Å². The van der Waals surface area contributed by atoms with Crippen LogP contribution in [0.1, 0.15) is 52.4 Å². The van der Waals surface area contributed by atoms with Gasteiger partial charge in [-0.25, -0.2) is 0 Å². The first-order valence-corrected chi connectivity index (χ1v) is 7.76. The van der Waals surface area contributed by atoms with Crippen LogP contribution in [0, 0.1) is 0 Å². The van der Waals surface area contributed by atoms with Crippen LogP contribution in [0.25, 0.3) is 0 Å². The van der Waals surface area contributed by atoms with Crippen molar-refractivity contribution >= 4 is 5.97 Å². The van der Waals surface area contributed by atoms with Crippen molar-refractivity contribution in [3.8, 4) is 0 Å². The molecule has 1 rings (SSSR count). The van der Waals surface area contributed by atoms with Crippen LogP contribution in [0.5, 0.6) is 0 Å². The van der Waals surface area contributed by atoms with Crippen molar-refractivity contribution in [3.05, 3.63) is 0 Å². The van der Waals surface area contributed by atoms with E-state index in [2.05, 4.69) is 5.32 Å². The van der Waals surface area contributed by atoms with E-state index in [1.54, 1.807) is 6.92 Å². The van der Waals surface area contributed by atoms with Gasteiger partial charge in [0, 0.05) is 13.2 Å². The molecular formula is C15H29NO4. The predicted octanol–water partition coefficient (Wildman–Crippen LogP) is 2.20. The molecule has 118 valence electrons. The van der Waals surface area contributed by atoms with Crippen molar-refractivity contribution in [1.82, 2.24) is 5.32 Å². The van der Waals surface area contributed by atoms with Gasteiger partial charge in [0.25, 0.3) is 0 Å². The molecular weight excluding hydrogens is 258 g/mol. The van der Waals surface area contributed by atoms with E-state index in [9.17, 15) is 9.90 Å². The summed E-state index contributed by atoms with van der Waals surface area (Å²) >= 11 is 0. The van der Waals surface area contributed by atoms with E-state index < -0.39 is 11.5 Å². The average Bonchev–Trinajstić information content (AvgIpc) is 2.44. The molecule has 1 heterocycles. The van der Waals surface area contributed by atoms with Crippen molar-refractivity contribution in [2.45, 2.75) is 64.0 Å². The van der Waals surface area contributed by atoms with Crippen molar-refractivity contribution in [3.63, 3.8) is 0 Å². The highest BCUT2D eigenvalue weighted by molar-refractivity contribution is 5.78. The normalized spacial score (nSPS) is 22.4. The fourth-order valence-electron chi connectivity index (χ4n) is 2.50. The summed E-state index contributed by atoms with van der Waals surface area (Å²) in [6, 6.07) is 0. The Bertz CT molecular complexity index is 279. The van der Waals surface area contributed by atoms with Gasteiger partial charge in [-0.1, -0.05) is 6.92 Å². The lowest BCUT2D eigenvalue weighted by molar-refractivity contribution is -0.144. The minimum absolute atomic E-state index is 0.259. The lowest BCUT2D eigenvalue weighted by atomic mass is 9.95. The van der Waals surface area contributed by atoms with Crippen molar-refractivity contribution in [2.24, 2.45) is 0 Å². The van der Waals surface area contributed by atoms with E-state index in [1.165, 1.54) is 6.42 Å². The van der Waals surface area contributed by atoms with Crippen LogP contribution in [-0.2, 0) is 14.3 Å². The lowest BCUT2D eigenvalue weighted by Crippen LogP contribution is -2.49. The van der Waals surface area contributed by atoms with Gasteiger partial charge >= 0.3 is 5.97 Å². The van der Waals surface area contributed by atoms with E-state index in [-0.39, 0.29) is 6.10 Å². The second-order valence-electron chi connectivity index (χ2n) is 5.69. The molecule has 1 saturated heterocycles. The molecule has 5 heteroatoms. The number of hydrogen-bond donors (Lipinski definition) is 2. The summed E-state index contributed by atoms with van der Waals surface area (Å²) in [5.74, 6) is -0.782. The molecule has 0 aliphatic carbocycles. The summed E-state index contributed by atoms with van der Waals surface area (Å²) < 4.78 is 11.2. The summed E-state index contributed by atoms with van der Waals surface area (Å²) in [4.78, 5) is 11.2. The van der Waals surface area contributed by atoms with Gasteiger partial charge in [-0.05, 0) is 52.0 Å². The molecule has 1 aliphatic rings. The topological polar surface area (TPSA) is 67.8 Å². The Labute approximate surface area is 122 Å². The maximum absolute atomic E-state index is 11.2. The first kappa shape index (κ1) is 17.4. The van der Waals surface area contributed by atoms with E-state index in [0.717, 1.165) is 32.3 Å². The third-order valence-electron chi connectivity index (χ3n) is 3.83. The standard InChI is InChI=1S/C15H29NO4/c1-3-16-15(2,14(17)18)9-5-7-10-19-12-13-8-4-6-11-20-13/h13,16H,3-12H2,1-2H3,(H,17,18). The second-order valence-corrected chi connectivity index (χ2v) is 5.69. The van der Waals surface area contributed by atoms with Gasteiger partial charge in [0.1, 0.15) is 5.54 Å². The second kappa shape index (κ2) is 9.32. The van der Waals surface area contributed by atoms with Gasteiger partial charge in [0.05, 0.1) is 12.7 Å². The molecule has 0 bridgehead atoms. The van der Waals surface area contributed by atoms with Crippen molar-refractivity contribution in [1.29, 1.82) is 0 Å². The Balaban J connectivity index is 2.06. The van der Waals surface area contributed by atoms with Gasteiger partial charge in [-0.2, -0.15) is 0 Å². The molecule has 1 fully saturated rings. The third kappa shape index (κ3) is 6.20. The summed E-state index contributed by atoms with van der Waals surface area (Å²) in [7, 11) is 0. The zero-order valence-electron chi connectivity index (χ0n) is 12.8. The molecule has 2 atom stereocenters. The highest BCUT2D eigenvalue weighted by Crippen LogP contribution is 2.15. The molecule has 0 saturated carbocycles. The van der Waals surface area contributed by atoms with Gasteiger partial charge in [0.15, 0.2) is 0 Å². The quantitative estimate of drug-likeness (QED) is 0.603. The molecule has 0 aromatic rings. The van der Waals surface area contributed by atoms with Crippen LogP contribution in [0.4, 0.5) is 0 Å². The minimum Gasteiger partial charge on any atom is -0.480 e. The smallest absolute Gasteiger partial charge is 0.323 e. The molecule has 0 aromatic heterocycles. The number of rotatable bonds is 10. The molecule has 0 radical (unpaired) electrons. The number of hydrogen-bond acceptors (Lipinski definition) is 4. The number of ether oxygens (including phenoxy) is 2. The Morgan fingerprint density at radius 3 is 2.85 bits per heavy atom. The van der Waals surface area contributed by atoms with Crippen molar-refractivity contribution < 1.29 is 19.4 Å². The maximum Gasteiger partial charge on any atom is 0.323 e. The van der Waals surface area contributed by atoms with E-state index in [1.807, 2.05) is 6.92 Å². The van der Waals surface area contributed by atoms with Crippen LogP contribution < -0.4 is 5.32 Å². The Morgan fingerprint density at radius 2 is 2.25 bits per heavy atom. The van der Waals surface area contributed by atoms with Gasteiger partial charge < -0.3 is 19.9 Å². The number of unbranched alkanes of at least 4 members (excludes halogenated alkanes) is 1. The number of carbonyl (C=O) groups is 1. The summed E-state index contributed by atoms with van der Waals surface area (Å²) in [5.41, 5.74) is -0.818. The molecule has 1 aliphatic heterocycles. The highest BCUT2D eigenvalue weighted by atomic mass is 16.5. The minimum atomic E-state index is -0.818.